The predicted molar refractivity (Wildman–Crippen MR) is 34.2 cm³/mol. The van der Waals surface area contributed by atoms with Crippen molar-refractivity contribution in [1.29, 1.82) is 0 Å². The maximum Gasteiger partial charge on any atom is 0.161 e. The molecule has 1 aliphatic rings. The summed E-state index contributed by atoms with van der Waals surface area (Å²) in [6, 6.07) is 0. The molecule has 1 aliphatic heterocycles. The highest BCUT2D eigenvalue weighted by Gasteiger charge is 2.42. The van der Waals surface area contributed by atoms with Crippen LogP contribution in [0.4, 0.5) is 0 Å². The summed E-state index contributed by atoms with van der Waals surface area (Å²) in [7, 11) is 0. The molecule has 0 spiro atoms. The van der Waals surface area contributed by atoms with Gasteiger partial charge in [-0.15, -0.1) is 0 Å². The highest BCUT2D eigenvalue weighted by Crippen LogP contribution is 2.28. The zero-order chi connectivity index (χ0) is 7.02. The highest BCUT2D eigenvalue weighted by atomic mass is 16.6. The van der Waals surface area contributed by atoms with Gasteiger partial charge in [-0.2, -0.15) is 0 Å². The number of hydrogen-bond acceptors (Lipinski definition) is 2. The molecule has 2 heteroatoms. The monoisotopic (exact) mass is 126 g/mol. The van der Waals surface area contributed by atoms with Crippen LogP contribution >= 0.6 is 0 Å². The molecule has 0 amide bonds. The second-order valence-electron chi connectivity index (χ2n) is 2.43. The van der Waals surface area contributed by atoms with E-state index in [9.17, 15) is 4.79 Å². The lowest BCUT2D eigenvalue weighted by Gasteiger charge is -1.85. The Labute approximate surface area is 54.5 Å². The molecule has 1 heterocycles. The van der Waals surface area contributed by atoms with Gasteiger partial charge in [0, 0.05) is 0 Å². The molecular weight excluding hydrogens is 116 g/mol. The molecule has 0 bridgehead atoms. The van der Waals surface area contributed by atoms with E-state index < -0.39 is 0 Å². The zero-order valence-corrected chi connectivity index (χ0v) is 5.68. The van der Waals surface area contributed by atoms with Gasteiger partial charge in [0.25, 0.3) is 0 Å². The van der Waals surface area contributed by atoms with E-state index >= 15 is 0 Å². The van der Waals surface area contributed by atoms with Gasteiger partial charge in [-0.1, -0.05) is 6.58 Å². The Balaban J connectivity index is 2.42. The van der Waals surface area contributed by atoms with Crippen molar-refractivity contribution in [2.75, 3.05) is 0 Å². The number of rotatable bonds is 2. The van der Waals surface area contributed by atoms with Crippen molar-refractivity contribution in [3.63, 3.8) is 0 Å². The standard InChI is InChI=1S/C7H10O2/c1-4(2)6-7(9-6)5(3)8/h6-7H,1H2,2-3H3/t6-,7+/m0/s1. The lowest BCUT2D eigenvalue weighted by atomic mass is 10.1. The van der Waals surface area contributed by atoms with Crippen LogP contribution in [0.1, 0.15) is 13.8 Å². The van der Waals surface area contributed by atoms with Gasteiger partial charge >= 0.3 is 0 Å². The molecule has 1 saturated heterocycles. The fourth-order valence-corrected chi connectivity index (χ4v) is 0.796. The largest absolute Gasteiger partial charge is 0.357 e. The Morgan fingerprint density at radius 1 is 1.44 bits per heavy atom. The van der Waals surface area contributed by atoms with Crippen LogP contribution in [0.25, 0.3) is 0 Å². The third kappa shape index (κ3) is 1.19. The minimum absolute atomic E-state index is 0.0162. The van der Waals surface area contributed by atoms with Crippen molar-refractivity contribution in [2.24, 2.45) is 0 Å². The lowest BCUT2D eigenvalue weighted by molar-refractivity contribution is -0.118. The quantitative estimate of drug-likeness (QED) is 0.406. The number of hydrogen-bond donors (Lipinski definition) is 0. The van der Waals surface area contributed by atoms with Crippen molar-refractivity contribution >= 4 is 5.78 Å². The number of ether oxygens (including phenoxy) is 1. The molecule has 0 aromatic heterocycles. The van der Waals surface area contributed by atoms with E-state index in [4.69, 9.17) is 4.74 Å². The first-order chi connectivity index (χ1) is 4.13. The van der Waals surface area contributed by atoms with E-state index in [-0.39, 0.29) is 18.0 Å². The molecule has 1 fully saturated rings. The number of ketones is 1. The molecule has 50 valence electrons. The zero-order valence-electron chi connectivity index (χ0n) is 5.68. The molecule has 0 unspecified atom stereocenters. The second-order valence-corrected chi connectivity index (χ2v) is 2.43. The minimum Gasteiger partial charge on any atom is -0.357 e. The first-order valence-electron chi connectivity index (χ1n) is 2.94. The highest BCUT2D eigenvalue weighted by molar-refractivity contribution is 5.84. The normalized spacial score (nSPS) is 31.8. The number of carbonyl (C=O) groups excluding carboxylic acids is 1. The molecular formula is C7H10O2. The van der Waals surface area contributed by atoms with E-state index in [1.807, 2.05) is 6.92 Å². The number of epoxide rings is 1. The van der Waals surface area contributed by atoms with E-state index in [0.717, 1.165) is 5.57 Å². The molecule has 1 rings (SSSR count). The molecule has 0 N–H and O–H groups in total. The van der Waals surface area contributed by atoms with Crippen molar-refractivity contribution in [3.05, 3.63) is 12.2 Å². The lowest BCUT2D eigenvalue weighted by Crippen LogP contribution is -2.04. The minimum atomic E-state index is -0.178. The Hall–Kier alpha value is -0.630. The van der Waals surface area contributed by atoms with Gasteiger partial charge in [0.2, 0.25) is 0 Å². The van der Waals surface area contributed by atoms with Crippen molar-refractivity contribution in [3.8, 4) is 0 Å². The van der Waals surface area contributed by atoms with Gasteiger partial charge in [0.05, 0.1) is 0 Å². The van der Waals surface area contributed by atoms with Crippen LogP contribution in [0.15, 0.2) is 12.2 Å². The van der Waals surface area contributed by atoms with Crippen LogP contribution < -0.4 is 0 Å². The topological polar surface area (TPSA) is 29.6 Å². The van der Waals surface area contributed by atoms with Crippen molar-refractivity contribution < 1.29 is 9.53 Å². The van der Waals surface area contributed by atoms with Crippen LogP contribution in [0, 0.1) is 0 Å². The molecule has 0 radical (unpaired) electrons. The van der Waals surface area contributed by atoms with Crippen LogP contribution in [0.2, 0.25) is 0 Å². The first kappa shape index (κ1) is 6.49. The van der Waals surface area contributed by atoms with E-state index in [1.54, 1.807) is 0 Å². The molecule has 0 aromatic rings. The summed E-state index contributed by atoms with van der Waals surface area (Å²) in [5, 5.41) is 0. The Kier molecular flexibility index (Phi) is 1.41. The summed E-state index contributed by atoms with van der Waals surface area (Å²) in [5.74, 6) is 0.100. The Bertz CT molecular complexity index is 142. The number of Topliss-reactive ketones (excluding diaryl/α,β-unsaturated/α-hetero) is 1. The maximum absolute atomic E-state index is 10.6. The summed E-state index contributed by atoms with van der Waals surface area (Å²) in [6.07, 6.45) is -0.162. The summed E-state index contributed by atoms with van der Waals surface area (Å²) in [4.78, 5) is 10.6. The average Bonchev–Trinajstić information content (AvgIpc) is 2.39. The van der Waals surface area contributed by atoms with Gasteiger partial charge in [0.15, 0.2) is 5.78 Å². The van der Waals surface area contributed by atoms with Crippen molar-refractivity contribution in [2.45, 2.75) is 26.1 Å². The summed E-state index contributed by atoms with van der Waals surface area (Å²) >= 11 is 0. The molecule has 2 atom stereocenters. The SMILES string of the molecule is C=C(C)[C@@H]1O[C@@H]1C(C)=O. The smallest absolute Gasteiger partial charge is 0.161 e. The molecule has 0 aromatic carbocycles. The van der Waals surface area contributed by atoms with Crippen LogP contribution in [0.5, 0.6) is 0 Å². The summed E-state index contributed by atoms with van der Waals surface area (Å²) in [5.41, 5.74) is 0.940. The molecule has 0 aliphatic carbocycles. The Morgan fingerprint density at radius 3 is 2.11 bits per heavy atom. The summed E-state index contributed by atoms with van der Waals surface area (Å²) < 4.78 is 4.99. The molecule has 0 saturated carbocycles. The first-order valence-corrected chi connectivity index (χ1v) is 2.94. The maximum atomic E-state index is 10.6. The van der Waals surface area contributed by atoms with Crippen LogP contribution in [0.3, 0.4) is 0 Å². The van der Waals surface area contributed by atoms with Crippen LogP contribution in [-0.4, -0.2) is 18.0 Å². The van der Waals surface area contributed by atoms with Gasteiger partial charge in [-0.3, -0.25) is 4.79 Å². The average molecular weight is 126 g/mol. The van der Waals surface area contributed by atoms with Gasteiger partial charge < -0.3 is 4.74 Å². The van der Waals surface area contributed by atoms with Crippen molar-refractivity contribution in [1.82, 2.24) is 0 Å². The fraction of sp³-hybridized carbons (Fsp3) is 0.571. The van der Waals surface area contributed by atoms with Gasteiger partial charge in [-0.25, -0.2) is 0 Å². The van der Waals surface area contributed by atoms with E-state index in [0.29, 0.717) is 0 Å². The number of carbonyl (C=O) groups is 1. The predicted octanol–water partition coefficient (Wildman–Crippen LogP) is 0.919. The third-order valence-electron chi connectivity index (χ3n) is 1.38. The second kappa shape index (κ2) is 1.95. The fourth-order valence-electron chi connectivity index (χ4n) is 0.796. The van der Waals surface area contributed by atoms with Gasteiger partial charge in [0.1, 0.15) is 12.2 Å². The Morgan fingerprint density at radius 2 is 2.00 bits per heavy atom. The van der Waals surface area contributed by atoms with E-state index in [1.165, 1.54) is 6.92 Å². The summed E-state index contributed by atoms with van der Waals surface area (Å²) in [6.45, 7) is 7.08. The molecule has 2 nitrogen and oxygen atoms in total. The van der Waals surface area contributed by atoms with Crippen LogP contribution in [-0.2, 0) is 9.53 Å². The molecule has 9 heavy (non-hydrogen) atoms. The third-order valence-corrected chi connectivity index (χ3v) is 1.38. The van der Waals surface area contributed by atoms with E-state index in [2.05, 4.69) is 6.58 Å². The van der Waals surface area contributed by atoms with Gasteiger partial charge in [-0.05, 0) is 19.4 Å².